The van der Waals surface area contributed by atoms with Crippen LogP contribution in [0.3, 0.4) is 0 Å². The fourth-order valence-electron chi connectivity index (χ4n) is 2.42. The van der Waals surface area contributed by atoms with Crippen molar-refractivity contribution >= 4 is 40.2 Å². The van der Waals surface area contributed by atoms with E-state index >= 15 is 0 Å². The number of benzene rings is 2. The Bertz CT molecular complexity index is 921. The van der Waals surface area contributed by atoms with Crippen LogP contribution in [0.5, 0.6) is 0 Å². The van der Waals surface area contributed by atoms with Crippen molar-refractivity contribution in [1.29, 1.82) is 0 Å². The second-order valence-corrected chi connectivity index (χ2v) is 6.56. The Balaban J connectivity index is 1.69. The first-order valence-corrected chi connectivity index (χ1v) is 8.74. The van der Waals surface area contributed by atoms with Gasteiger partial charge in [-0.25, -0.2) is 0 Å². The summed E-state index contributed by atoms with van der Waals surface area (Å²) in [5.74, 6) is -0.236. The van der Waals surface area contributed by atoms with Gasteiger partial charge in [0.15, 0.2) is 0 Å². The van der Waals surface area contributed by atoms with E-state index in [0.717, 1.165) is 22.7 Å². The lowest BCUT2D eigenvalue weighted by atomic mass is 10.1. The summed E-state index contributed by atoms with van der Waals surface area (Å²) in [6, 6.07) is 16.1. The molecule has 0 unspecified atom stereocenters. The van der Waals surface area contributed by atoms with Gasteiger partial charge in [0.1, 0.15) is 5.00 Å². The van der Waals surface area contributed by atoms with Gasteiger partial charge in [0, 0.05) is 5.56 Å². The van der Waals surface area contributed by atoms with Crippen LogP contribution in [0.1, 0.15) is 21.6 Å². The topological polar surface area (TPSA) is 88.3 Å². The highest BCUT2D eigenvalue weighted by atomic mass is 32.1. The van der Waals surface area contributed by atoms with Crippen LogP contribution < -0.4 is 16.0 Å². The Morgan fingerprint density at radius 3 is 2.58 bits per heavy atom. The van der Waals surface area contributed by atoms with E-state index in [0.29, 0.717) is 23.5 Å². The van der Waals surface area contributed by atoms with Crippen LogP contribution in [-0.2, 0) is 11.3 Å². The van der Waals surface area contributed by atoms with Gasteiger partial charge < -0.3 is 16.0 Å². The third kappa shape index (κ3) is 4.07. The van der Waals surface area contributed by atoms with Gasteiger partial charge in [-0.3, -0.25) is 9.59 Å². The predicted molar refractivity (Wildman–Crippen MR) is 104 cm³/mol. The monoisotopic (exact) mass is 366 g/mol. The summed E-state index contributed by atoms with van der Waals surface area (Å²) in [5.41, 5.74) is 9.24. The number of nitrogens with one attached hydrogen (secondary N) is 1. The van der Waals surface area contributed by atoms with Crippen molar-refractivity contribution in [2.75, 3.05) is 16.0 Å². The minimum absolute atomic E-state index is 0.236. The quantitative estimate of drug-likeness (QED) is 0.517. The van der Waals surface area contributed by atoms with Crippen LogP contribution >= 0.6 is 11.5 Å². The second kappa shape index (κ2) is 7.79. The fraction of sp³-hybridized carbons (Fsp3) is 0.105. The molecule has 0 saturated carbocycles. The Hall–Kier alpha value is -3.19. The molecule has 26 heavy (non-hydrogen) atoms. The zero-order valence-electron chi connectivity index (χ0n) is 14.2. The Morgan fingerprint density at radius 1 is 1.23 bits per heavy atom. The molecule has 0 aliphatic heterocycles. The maximum Gasteiger partial charge on any atom is 0.255 e. The van der Waals surface area contributed by atoms with Crippen LogP contribution in [0.4, 0.5) is 16.4 Å². The molecule has 0 fully saturated rings. The predicted octanol–water partition coefficient (Wildman–Crippen LogP) is 3.45. The summed E-state index contributed by atoms with van der Waals surface area (Å²) in [4.78, 5) is 25.3. The number of nitrogens with two attached hydrogens (primary N) is 1. The van der Waals surface area contributed by atoms with E-state index in [9.17, 15) is 9.59 Å². The van der Waals surface area contributed by atoms with Crippen molar-refractivity contribution in [1.82, 2.24) is 4.37 Å². The van der Waals surface area contributed by atoms with Gasteiger partial charge in [-0.2, -0.15) is 4.37 Å². The minimum Gasteiger partial charge on any atom is -0.397 e. The van der Waals surface area contributed by atoms with Crippen molar-refractivity contribution < 1.29 is 9.59 Å². The molecule has 3 rings (SSSR count). The number of nitrogen functional groups attached to an aromatic ring is 1. The molecule has 0 saturated heterocycles. The molecule has 0 spiro atoms. The van der Waals surface area contributed by atoms with E-state index in [1.54, 1.807) is 29.2 Å². The molecule has 0 atom stereocenters. The molecular weight excluding hydrogens is 348 g/mol. The van der Waals surface area contributed by atoms with Crippen LogP contribution in [0.2, 0.25) is 0 Å². The van der Waals surface area contributed by atoms with Crippen molar-refractivity contribution in [2.45, 2.75) is 13.5 Å². The molecule has 1 aromatic heterocycles. The molecule has 2 aromatic carbocycles. The molecule has 6 nitrogen and oxygen atoms in total. The number of rotatable bonds is 6. The normalized spacial score (nSPS) is 10.3. The molecule has 3 aromatic rings. The van der Waals surface area contributed by atoms with Gasteiger partial charge in [0.25, 0.3) is 5.91 Å². The largest absolute Gasteiger partial charge is 0.397 e. The van der Waals surface area contributed by atoms with Gasteiger partial charge >= 0.3 is 0 Å². The number of aromatic nitrogens is 1. The average Bonchev–Trinajstić information content (AvgIpc) is 3.08. The lowest BCUT2D eigenvalue weighted by Crippen LogP contribution is -2.19. The van der Waals surface area contributed by atoms with Gasteiger partial charge in [-0.1, -0.05) is 24.3 Å². The van der Waals surface area contributed by atoms with E-state index < -0.39 is 0 Å². The molecule has 0 radical (unpaired) electrons. The third-order valence-corrected chi connectivity index (χ3v) is 4.72. The summed E-state index contributed by atoms with van der Waals surface area (Å²) in [6.07, 6.45) is 0.783. The van der Waals surface area contributed by atoms with Crippen molar-refractivity contribution in [3.05, 3.63) is 71.4 Å². The molecule has 0 aliphatic rings. The Kier molecular flexibility index (Phi) is 5.28. The molecule has 132 valence electrons. The fourth-order valence-corrected chi connectivity index (χ4v) is 3.14. The van der Waals surface area contributed by atoms with Gasteiger partial charge in [-0.15, -0.1) is 0 Å². The standard InChI is InChI=1S/C19H18N4O2S/c1-13-10-18(26-22-13)23(12-24)11-14-6-8-15(9-7-14)19(25)21-17-5-3-2-4-16(17)20/h2-10,12H,11,20H2,1H3,(H,21,25). The number of para-hydroxylation sites is 2. The van der Waals surface area contributed by atoms with E-state index in [1.807, 2.05) is 37.3 Å². The van der Waals surface area contributed by atoms with E-state index in [2.05, 4.69) is 9.69 Å². The first-order chi connectivity index (χ1) is 12.6. The minimum atomic E-state index is -0.236. The molecule has 0 bridgehead atoms. The van der Waals surface area contributed by atoms with Crippen LogP contribution in [0.15, 0.2) is 54.6 Å². The highest BCUT2D eigenvalue weighted by Gasteiger charge is 2.11. The first kappa shape index (κ1) is 17.6. The summed E-state index contributed by atoms with van der Waals surface area (Å²) >= 11 is 1.28. The van der Waals surface area contributed by atoms with Crippen molar-refractivity contribution in [3.8, 4) is 0 Å². The molecule has 7 heteroatoms. The number of nitrogens with zero attached hydrogens (tertiary/aromatic N) is 2. The van der Waals surface area contributed by atoms with Crippen LogP contribution in [-0.4, -0.2) is 16.7 Å². The smallest absolute Gasteiger partial charge is 0.255 e. The maximum absolute atomic E-state index is 12.3. The van der Waals surface area contributed by atoms with Crippen molar-refractivity contribution in [2.24, 2.45) is 0 Å². The summed E-state index contributed by atoms with van der Waals surface area (Å²) in [5, 5.41) is 3.58. The highest BCUT2D eigenvalue weighted by Crippen LogP contribution is 2.22. The van der Waals surface area contributed by atoms with Crippen LogP contribution in [0.25, 0.3) is 0 Å². The third-order valence-electron chi connectivity index (χ3n) is 3.80. The number of anilines is 3. The van der Waals surface area contributed by atoms with Crippen LogP contribution in [0, 0.1) is 6.92 Å². The summed E-state index contributed by atoms with van der Waals surface area (Å²) < 4.78 is 4.19. The SMILES string of the molecule is Cc1cc(N(C=O)Cc2ccc(C(=O)Nc3ccccc3N)cc2)sn1. The number of aryl methyl sites for hydroxylation is 1. The molecular formula is C19H18N4O2S. The Labute approximate surface area is 155 Å². The second-order valence-electron chi connectivity index (χ2n) is 5.78. The average molecular weight is 366 g/mol. The summed E-state index contributed by atoms with van der Waals surface area (Å²) in [7, 11) is 0. The molecule has 3 N–H and O–H groups in total. The van der Waals surface area contributed by atoms with Gasteiger partial charge in [0.05, 0.1) is 23.6 Å². The van der Waals surface area contributed by atoms with Crippen molar-refractivity contribution in [3.63, 3.8) is 0 Å². The van der Waals surface area contributed by atoms with Gasteiger partial charge in [0.2, 0.25) is 6.41 Å². The number of carbonyl (C=O) groups is 2. The first-order valence-electron chi connectivity index (χ1n) is 7.97. The number of amides is 2. The number of hydrogen-bond acceptors (Lipinski definition) is 5. The lowest BCUT2D eigenvalue weighted by molar-refractivity contribution is -0.107. The number of carbonyl (C=O) groups excluding carboxylic acids is 2. The summed E-state index contributed by atoms with van der Waals surface area (Å²) in [6.45, 7) is 2.30. The highest BCUT2D eigenvalue weighted by molar-refractivity contribution is 7.10. The zero-order valence-corrected chi connectivity index (χ0v) is 15.0. The van der Waals surface area contributed by atoms with E-state index in [-0.39, 0.29) is 5.91 Å². The molecule has 1 heterocycles. The van der Waals surface area contributed by atoms with E-state index in [4.69, 9.17) is 5.73 Å². The maximum atomic E-state index is 12.3. The lowest BCUT2D eigenvalue weighted by Gasteiger charge is -2.15. The zero-order chi connectivity index (χ0) is 18.5. The molecule has 0 aliphatic carbocycles. The number of hydrogen-bond donors (Lipinski definition) is 2. The Morgan fingerprint density at radius 2 is 1.96 bits per heavy atom. The molecule has 2 amide bonds. The van der Waals surface area contributed by atoms with Gasteiger partial charge in [-0.05, 0) is 54.4 Å². The van der Waals surface area contributed by atoms with E-state index in [1.165, 1.54) is 11.5 Å².